The molecule has 0 rings (SSSR count). The lowest BCUT2D eigenvalue weighted by Gasteiger charge is -2.18. The van der Waals surface area contributed by atoms with Gasteiger partial charge in [-0.3, -0.25) is 4.79 Å². The molecule has 0 spiro atoms. The van der Waals surface area contributed by atoms with E-state index in [1.807, 2.05) is 0 Å². The van der Waals surface area contributed by atoms with Gasteiger partial charge >= 0.3 is 5.97 Å². The predicted octanol–water partition coefficient (Wildman–Crippen LogP) is 6.23. The Balaban J connectivity index is 3.63. The predicted molar refractivity (Wildman–Crippen MR) is 95.9 cm³/mol. The Hall–Kier alpha value is -0.530. The Morgan fingerprint density at radius 1 is 0.773 bits per heavy atom. The van der Waals surface area contributed by atoms with E-state index in [1.54, 1.807) is 0 Å². The van der Waals surface area contributed by atoms with Gasteiger partial charge in [-0.2, -0.15) is 0 Å². The third-order valence-corrected chi connectivity index (χ3v) is 4.75. The largest absolute Gasteiger partial charge is 0.469 e. The first kappa shape index (κ1) is 21.5. The summed E-state index contributed by atoms with van der Waals surface area (Å²) in [5.41, 5.74) is 0. The van der Waals surface area contributed by atoms with E-state index in [2.05, 4.69) is 34.6 Å². The van der Waals surface area contributed by atoms with Gasteiger partial charge in [0.1, 0.15) is 0 Å². The van der Waals surface area contributed by atoms with E-state index < -0.39 is 0 Å². The highest BCUT2D eigenvalue weighted by Gasteiger charge is 2.12. The number of methoxy groups -OCH3 is 1. The summed E-state index contributed by atoms with van der Waals surface area (Å²) in [6.07, 6.45) is 11.0. The Bertz CT molecular complexity index is 273. The summed E-state index contributed by atoms with van der Waals surface area (Å²) in [7, 11) is 1.47. The van der Waals surface area contributed by atoms with Crippen LogP contribution in [0, 0.1) is 23.7 Å². The maximum Gasteiger partial charge on any atom is 0.305 e. The van der Waals surface area contributed by atoms with Crippen molar-refractivity contribution in [1.29, 1.82) is 0 Å². The molecule has 0 aromatic rings. The molecule has 2 heteroatoms. The first-order chi connectivity index (χ1) is 10.3. The van der Waals surface area contributed by atoms with Crippen LogP contribution < -0.4 is 0 Å². The third-order valence-electron chi connectivity index (χ3n) is 4.75. The zero-order valence-corrected chi connectivity index (χ0v) is 16.0. The fraction of sp³-hybridized carbons (Fsp3) is 0.950. The van der Waals surface area contributed by atoms with Crippen molar-refractivity contribution in [3.63, 3.8) is 0 Å². The van der Waals surface area contributed by atoms with Crippen molar-refractivity contribution < 1.29 is 9.53 Å². The molecule has 0 amide bonds. The summed E-state index contributed by atoms with van der Waals surface area (Å²) in [5.74, 6) is 3.05. The Morgan fingerprint density at radius 3 is 1.82 bits per heavy atom. The van der Waals surface area contributed by atoms with Gasteiger partial charge in [0.15, 0.2) is 0 Å². The first-order valence-corrected chi connectivity index (χ1v) is 9.41. The highest BCUT2D eigenvalue weighted by Crippen LogP contribution is 2.23. The van der Waals surface area contributed by atoms with Gasteiger partial charge in [-0.15, -0.1) is 0 Å². The third kappa shape index (κ3) is 13.2. The normalized spacial score (nSPS) is 15.6. The molecule has 3 atom stereocenters. The van der Waals surface area contributed by atoms with Gasteiger partial charge < -0.3 is 4.74 Å². The number of hydrogen-bond acceptors (Lipinski definition) is 2. The standard InChI is InChI=1S/C20H40O2/c1-16(2)9-7-10-17(3)11-8-12-18(4)15-19(5)13-14-20(21)22-6/h16-19H,7-15H2,1-6H3. The van der Waals surface area contributed by atoms with Gasteiger partial charge in [0, 0.05) is 6.42 Å². The van der Waals surface area contributed by atoms with Crippen molar-refractivity contribution in [2.45, 2.75) is 92.4 Å². The minimum Gasteiger partial charge on any atom is -0.469 e. The maximum atomic E-state index is 11.2. The molecule has 0 heterocycles. The molecule has 0 aromatic heterocycles. The molecule has 3 unspecified atom stereocenters. The first-order valence-electron chi connectivity index (χ1n) is 9.41. The minimum atomic E-state index is -0.0743. The number of hydrogen-bond donors (Lipinski definition) is 0. The number of carbonyl (C=O) groups excluding carboxylic acids is 1. The second-order valence-corrected chi connectivity index (χ2v) is 7.92. The molecule has 132 valence electrons. The summed E-state index contributed by atoms with van der Waals surface area (Å²) >= 11 is 0. The molecule has 0 aliphatic heterocycles. The second kappa shape index (κ2) is 13.0. The van der Waals surface area contributed by atoms with Crippen LogP contribution in [0.4, 0.5) is 0 Å². The van der Waals surface area contributed by atoms with Crippen molar-refractivity contribution >= 4 is 5.97 Å². The summed E-state index contributed by atoms with van der Waals surface area (Å²) in [6, 6.07) is 0. The van der Waals surface area contributed by atoms with Crippen LogP contribution in [0.15, 0.2) is 0 Å². The molecular formula is C20H40O2. The lowest BCUT2D eigenvalue weighted by molar-refractivity contribution is -0.140. The second-order valence-electron chi connectivity index (χ2n) is 7.92. The Labute approximate surface area is 139 Å². The van der Waals surface area contributed by atoms with E-state index in [9.17, 15) is 4.79 Å². The van der Waals surface area contributed by atoms with E-state index in [0.29, 0.717) is 12.3 Å². The quantitative estimate of drug-likeness (QED) is 0.376. The molecule has 0 aliphatic carbocycles. The van der Waals surface area contributed by atoms with E-state index in [0.717, 1.165) is 24.2 Å². The number of ether oxygens (including phenoxy) is 1. The van der Waals surface area contributed by atoms with Gasteiger partial charge in [0.05, 0.1) is 7.11 Å². The number of carbonyl (C=O) groups is 1. The average Bonchev–Trinajstić information content (AvgIpc) is 2.44. The van der Waals surface area contributed by atoms with Gasteiger partial charge in [-0.05, 0) is 36.5 Å². The number of esters is 1. The Morgan fingerprint density at radius 2 is 1.27 bits per heavy atom. The molecule has 0 bridgehead atoms. The van der Waals surface area contributed by atoms with Crippen LogP contribution in [0.25, 0.3) is 0 Å². The van der Waals surface area contributed by atoms with E-state index in [1.165, 1.54) is 52.1 Å². The summed E-state index contributed by atoms with van der Waals surface area (Å²) in [5, 5.41) is 0. The smallest absolute Gasteiger partial charge is 0.305 e. The average molecular weight is 313 g/mol. The highest BCUT2D eigenvalue weighted by atomic mass is 16.5. The van der Waals surface area contributed by atoms with Crippen molar-refractivity contribution in [3.8, 4) is 0 Å². The minimum absolute atomic E-state index is 0.0743. The molecule has 0 fully saturated rings. The molecule has 0 saturated carbocycles. The molecule has 0 saturated heterocycles. The number of rotatable bonds is 13. The fourth-order valence-corrected chi connectivity index (χ4v) is 3.22. The highest BCUT2D eigenvalue weighted by molar-refractivity contribution is 5.69. The van der Waals surface area contributed by atoms with Crippen LogP contribution >= 0.6 is 0 Å². The van der Waals surface area contributed by atoms with Crippen LogP contribution in [0.3, 0.4) is 0 Å². The monoisotopic (exact) mass is 312 g/mol. The molecule has 22 heavy (non-hydrogen) atoms. The van der Waals surface area contributed by atoms with Gasteiger partial charge in [-0.25, -0.2) is 0 Å². The van der Waals surface area contributed by atoms with Crippen molar-refractivity contribution in [1.82, 2.24) is 0 Å². The van der Waals surface area contributed by atoms with Crippen LogP contribution in [0.1, 0.15) is 92.4 Å². The molecule has 0 N–H and O–H groups in total. The maximum absolute atomic E-state index is 11.2. The molecule has 2 nitrogen and oxygen atoms in total. The van der Waals surface area contributed by atoms with Crippen LogP contribution in [0.5, 0.6) is 0 Å². The van der Waals surface area contributed by atoms with Crippen molar-refractivity contribution in [3.05, 3.63) is 0 Å². The van der Waals surface area contributed by atoms with Gasteiger partial charge in [0.2, 0.25) is 0 Å². The lowest BCUT2D eigenvalue weighted by atomic mass is 9.88. The molecule has 0 aromatic carbocycles. The summed E-state index contributed by atoms with van der Waals surface area (Å²) < 4.78 is 4.70. The fourth-order valence-electron chi connectivity index (χ4n) is 3.22. The van der Waals surface area contributed by atoms with Crippen molar-refractivity contribution in [2.75, 3.05) is 7.11 Å². The van der Waals surface area contributed by atoms with Gasteiger partial charge in [-0.1, -0.05) is 73.1 Å². The van der Waals surface area contributed by atoms with Crippen LogP contribution in [-0.2, 0) is 9.53 Å². The van der Waals surface area contributed by atoms with E-state index >= 15 is 0 Å². The van der Waals surface area contributed by atoms with Crippen LogP contribution in [-0.4, -0.2) is 13.1 Å². The summed E-state index contributed by atoms with van der Waals surface area (Å²) in [6.45, 7) is 11.7. The topological polar surface area (TPSA) is 26.3 Å². The lowest BCUT2D eigenvalue weighted by Crippen LogP contribution is -2.08. The van der Waals surface area contributed by atoms with Gasteiger partial charge in [0.25, 0.3) is 0 Å². The van der Waals surface area contributed by atoms with E-state index in [-0.39, 0.29) is 5.97 Å². The molecule has 0 radical (unpaired) electrons. The van der Waals surface area contributed by atoms with E-state index in [4.69, 9.17) is 4.74 Å². The molecule has 0 aliphatic rings. The Kier molecular flexibility index (Phi) is 12.6. The SMILES string of the molecule is COC(=O)CCC(C)CC(C)CCCC(C)CCCC(C)C. The zero-order chi connectivity index (χ0) is 17.0. The van der Waals surface area contributed by atoms with Crippen molar-refractivity contribution in [2.24, 2.45) is 23.7 Å². The van der Waals surface area contributed by atoms with Crippen LogP contribution in [0.2, 0.25) is 0 Å². The summed E-state index contributed by atoms with van der Waals surface area (Å²) in [4.78, 5) is 11.2. The zero-order valence-electron chi connectivity index (χ0n) is 16.0. The molecular weight excluding hydrogens is 272 g/mol.